The van der Waals surface area contributed by atoms with Gasteiger partial charge in [0.15, 0.2) is 0 Å². The highest BCUT2D eigenvalue weighted by molar-refractivity contribution is 9.10. The molecule has 1 aromatic carbocycles. The molecule has 1 saturated heterocycles. The van der Waals surface area contributed by atoms with Crippen molar-refractivity contribution in [3.63, 3.8) is 0 Å². The van der Waals surface area contributed by atoms with Crippen LogP contribution in [0.3, 0.4) is 0 Å². The highest BCUT2D eigenvalue weighted by atomic mass is 79.9. The predicted molar refractivity (Wildman–Crippen MR) is 75.7 cm³/mol. The van der Waals surface area contributed by atoms with E-state index in [2.05, 4.69) is 15.9 Å². The van der Waals surface area contributed by atoms with Gasteiger partial charge in [-0.25, -0.2) is 12.8 Å². The van der Waals surface area contributed by atoms with Crippen LogP contribution in [0, 0.1) is 11.7 Å². The van der Waals surface area contributed by atoms with Crippen molar-refractivity contribution in [1.29, 1.82) is 0 Å². The second-order valence-electron chi connectivity index (χ2n) is 4.91. The highest BCUT2D eigenvalue weighted by Crippen LogP contribution is 2.31. The molecule has 0 saturated carbocycles. The van der Waals surface area contributed by atoms with E-state index in [0.29, 0.717) is 19.0 Å². The van der Waals surface area contributed by atoms with E-state index in [1.807, 2.05) is 6.92 Å². The van der Waals surface area contributed by atoms with Crippen molar-refractivity contribution in [2.24, 2.45) is 5.92 Å². The Morgan fingerprint density at radius 2 is 2.16 bits per heavy atom. The SMILES string of the molecule is CC1CCCN(S(=O)(=O)c2cc(N)c(F)cc2Br)C1. The van der Waals surface area contributed by atoms with Crippen molar-refractivity contribution < 1.29 is 12.8 Å². The molecule has 0 amide bonds. The Hall–Kier alpha value is -0.660. The Kier molecular flexibility index (Phi) is 4.17. The van der Waals surface area contributed by atoms with Gasteiger partial charge in [0.25, 0.3) is 0 Å². The maximum absolute atomic E-state index is 13.3. The fourth-order valence-corrected chi connectivity index (χ4v) is 4.85. The lowest BCUT2D eigenvalue weighted by molar-refractivity contribution is 0.281. The molecule has 0 bridgehead atoms. The third kappa shape index (κ3) is 2.93. The third-order valence-electron chi connectivity index (χ3n) is 3.29. The molecule has 1 heterocycles. The van der Waals surface area contributed by atoms with Gasteiger partial charge in [-0.05, 0) is 46.8 Å². The van der Waals surface area contributed by atoms with Crippen molar-refractivity contribution in [2.75, 3.05) is 18.8 Å². The number of rotatable bonds is 2. The number of piperidine rings is 1. The molecule has 0 radical (unpaired) electrons. The minimum absolute atomic E-state index is 0.0282. The summed E-state index contributed by atoms with van der Waals surface area (Å²) in [4.78, 5) is 0.0282. The number of sulfonamides is 1. The molecule has 1 fully saturated rings. The number of anilines is 1. The van der Waals surface area contributed by atoms with Crippen molar-refractivity contribution in [3.05, 3.63) is 22.4 Å². The van der Waals surface area contributed by atoms with E-state index in [-0.39, 0.29) is 15.1 Å². The van der Waals surface area contributed by atoms with Crippen LogP contribution in [0.1, 0.15) is 19.8 Å². The van der Waals surface area contributed by atoms with Gasteiger partial charge >= 0.3 is 0 Å². The van der Waals surface area contributed by atoms with Crippen LogP contribution in [0.4, 0.5) is 10.1 Å². The Balaban J connectivity index is 2.42. The van der Waals surface area contributed by atoms with Crippen molar-refractivity contribution in [1.82, 2.24) is 4.31 Å². The monoisotopic (exact) mass is 350 g/mol. The van der Waals surface area contributed by atoms with Crippen LogP contribution in [0.2, 0.25) is 0 Å². The zero-order valence-corrected chi connectivity index (χ0v) is 13.0. The van der Waals surface area contributed by atoms with Crippen molar-refractivity contribution >= 4 is 31.6 Å². The van der Waals surface area contributed by atoms with Crippen LogP contribution in [-0.4, -0.2) is 25.8 Å². The Morgan fingerprint density at radius 1 is 1.47 bits per heavy atom. The molecule has 2 N–H and O–H groups in total. The lowest BCUT2D eigenvalue weighted by atomic mass is 10.0. The van der Waals surface area contributed by atoms with Gasteiger partial charge in [0.2, 0.25) is 10.0 Å². The minimum Gasteiger partial charge on any atom is -0.396 e. The van der Waals surface area contributed by atoms with Gasteiger partial charge in [0, 0.05) is 17.6 Å². The van der Waals surface area contributed by atoms with E-state index in [4.69, 9.17) is 5.73 Å². The van der Waals surface area contributed by atoms with Gasteiger partial charge in [-0.15, -0.1) is 0 Å². The Bertz CT molecular complexity index is 592. The molecule has 2 rings (SSSR count). The minimum atomic E-state index is -3.63. The quantitative estimate of drug-likeness (QED) is 0.833. The van der Waals surface area contributed by atoms with Crippen molar-refractivity contribution in [3.8, 4) is 0 Å². The topological polar surface area (TPSA) is 63.4 Å². The molecule has 1 aliphatic heterocycles. The summed E-state index contributed by atoms with van der Waals surface area (Å²) >= 11 is 3.10. The smallest absolute Gasteiger partial charge is 0.244 e. The molecule has 4 nitrogen and oxygen atoms in total. The zero-order chi connectivity index (χ0) is 14.2. The van der Waals surface area contributed by atoms with Crippen LogP contribution >= 0.6 is 15.9 Å². The summed E-state index contributed by atoms with van der Waals surface area (Å²) in [5.41, 5.74) is 5.30. The first kappa shape index (κ1) is 14.7. The summed E-state index contributed by atoms with van der Waals surface area (Å²) < 4.78 is 40.0. The molecule has 7 heteroatoms. The lowest BCUT2D eigenvalue weighted by Gasteiger charge is -2.30. The first-order chi connectivity index (χ1) is 8.82. The first-order valence-electron chi connectivity index (χ1n) is 6.07. The summed E-state index contributed by atoms with van der Waals surface area (Å²) in [7, 11) is -3.63. The van der Waals surface area contributed by atoms with Crippen LogP contribution in [0.15, 0.2) is 21.5 Å². The molecule has 1 atom stereocenters. The molecular formula is C12H16BrFN2O2S. The standard InChI is InChI=1S/C12H16BrFN2O2S/c1-8-3-2-4-16(7-8)19(17,18)12-6-11(15)10(14)5-9(12)13/h5-6,8H,2-4,7,15H2,1H3. The van der Waals surface area contributed by atoms with Gasteiger partial charge < -0.3 is 5.73 Å². The van der Waals surface area contributed by atoms with Crippen molar-refractivity contribution in [2.45, 2.75) is 24.7 Å². The summed E-state index contributed by atoms with van der Waals surface area (Å²) in [5.74, 6) is -0.294. The number of hydrogen-bond donors (Lipinski definition) is 1. The fraction of sp³-hybridized carbons (Fsp3) is 0.500. The second-order valence-corrected chi connectivity index (χ2v) is 7.68. The van der Waals surface area contributed by atoms with Crippen LogP contribution < -0.4 is 5.73 Å². The summed E-state index contributed by atoms with van der Waals surface area (Å²) in [6.45, 7) is 3.01. The average molecular weight is 351 g/mol. The van der Waals surface area contributed by atoms with E-state index in [1.165, 1.54) is 10.4 Å². The number of nitrogens with zero attached hydrogens (tertiary/aromatic N) is 1. The molecule has 1 aromatic rings. The van der Waals surface area contributed by atoms with Crippen LogP contribution in [0.5, 0.6) is 0 Å². The van der Waals surface area contributed by atoms with Gasteiger partial charge in [-0.3, -0.25) is 0 Å². The Morgan fingerprint density at radius 3 is 2.79 bits per heavy atom. The number of hydrogen-bond acceptors (Lipinski definition) is 3. The maximum atomic E-state index is 13.3. The molecule has 0 aliphatic carbocycles. The molecule has 0 spiro atoms. The molecule has 106 valence electrons. The van der Waals surface area contributed by atoms with E-state index in [0.717, 1.165) is 18.9 Å². The largest absolute Gasteiger partial charge is 0.396 e. The van der Waals surface area contributed by atoms with Crippen LogP contribution in [0.25, 0.3) is 0 Å². The third-order valence-corrected chi connectivity index (χ3v) is 6.11. The average Bonchev–Trinajstić information content (AvgIpc) is 2.33. The van der Waals surface area contributed by atoms with Gasteiger partial charge in [0.05, 0.1) is 10.6 Å². The summed E-state index contributed by atoms with van der Waals surface area (Å²) in [5, 5.41) is 0. The number of halogens is 2. The summed E-state index contributed by atoms with van der Waals surface area (Å²) in [6.07, 6.45) is 1.87. The highest BCUT2D eigenvalue weighted by Gasteiger charge is 2.30. The lowest BCUT2D eigenvalue weighted by Crippen LogP contribution is -2.39. The van der Waals surface area contributed by atoms with Gasteiger partial charge in [-0.2, -0.15) is 4.31 Å². The van der Waals surface area contributed by atoms with E-state index < -0.39 is 15.8 Å². The van der Waals surface area contributed by atoms with Crippen LogP contribution in [-0.2, 0) is 10.0 Å². The van der Waals surface area contributed by atoms with E-state index in [1.54, 1.807) is 0 Å². The molecule has 1 unspecified atom stereocenters. The molecule has 0 aromatic heterocycles. The number of benzene rings is 1. The van der Waals surface area contributed by atoms with Gasteiger partial charge in [-0.1, -0.05) is 6.92 Å². The Labute approximate surface area is 121 Å². The normalized spacial score (nSPS) is 21.5. The van der Waals surface area contributed by atoms with Gasteiger partial charge in [0.1, 0.15) is 5.82 Å². The molecular weight excluding hydrogens is 335 g/mol. The van der Waals surface area contributed by atoms with E-state index >= 15 is 0 Å². The second kappa shape index (κ2) is 5.38. The molecule has 1 aliphatic rings. The predicted octanol–water partition coefficient (Wildman–Crippen LogP) is 2.59. The van der Waals surface area contributed by atoms with E-state index in [9.17, 15) is 12.8 Å². The fourth-order valence-electron chi connectivity index (χ4n) is 2.25. The molecule has 19 heavy (non-hydrogen) atoms. The zero-order valence-electron chi connectivity index (χ0n) is 10.6. The maximum Gasteiger partial charge on any atom is 0.244 e. The summed E-state index contributed by atoms with van der Waals surface area (Å²) in [6, 6.07) is 2.27. The number of nitrogen functional groups attached to an aromatic ring is 1. The number of nitrogens with two attached hydrogens (primary N) is 1. The first-order valence-corrected chi connectivity index (χ1v) is 8.30.